The second kappa shape index (κ2) is 2.48. The van der Waals surface area contributed by atoms with Crippen LogP contribution in [-0.4, -0.2) is 26.4 Å². The van der Waals surface area contributed by atoms with Crippen molar-refractivity contribution < 1.29 is 15.0 Å². The van der Waals surface area contributed by atoms with E-state index in [0.717, 1.165) is 0 Å². The van der Waals surface area contributed by atoms with E-state index in [9.17, 15) is 9.90 Å². The molecule has 0 radical (unpaired) electrons. The lowest BCUT2D eigenvalue weighted by Gasteiger charge is -1.93. The van der Waals surface area contributed by atoms with Crippen LogP contribution in [0.25, 0.3) is 10.9 Å². The van der Waals surface area contributed by atoms with Gasteiger partial charge in [0.2, 0.25) is 5.88 Å². The molecule has 0 unspecified atom stereocenters. The first-order valence-electron chi connectivity index (χ1n) is 3.59. The predicted molar refractivity (Wildman–Crippen MR) is 44.7 cm³/mol. The first-order valence-corrected chi connectivity index (χ1v) is 3.59. The van der Waals surface area contributed by atoms with Crippen molar-refractivity contribution in [2.45, 2.75) is 0 Å². The highest BCUT2D eigenvalue weighted by molar-refractivity contribution is 5.94. The van der Waals surface area contributed by atoms with Crippen molar-refractivity contribution in [1.29, 1.82) is 0 Å². The first-order chi connectivity index (χ1) is 6.18. The Balaban J connectivity index is 2.72. The molecule has 0 aliphatic carbocycles. The SMILES string of the molecule is O=C(O)c1ccc2[nH]nc(O)c2c1. The van der Waals surface area contributed by atoms with Crippen molar-refractivity contribution in [3.05, 3.63) is 23.8 Å². The van der Waals surface area contributed by atoms with Crippen molar-refractivity contribution in [1.82, 2.24) is 10.2 Å². The highest BCUT2D eigenvalue weighted by atomic mass is 16.4. The fraction of sp³-hybridized carbons (Fsp3) is 0. The quantitative estimate of drug-likeness (QED) is 0.607. The van der Waals surface area contributed by atoms with E-state index in [1.165, 1.54) is 12.1 Å². The molecule has 0 saturated carbocycles. The topological polar surface area (TPSA) is 86.2 Å². The summed E-state index contributed by atoms with van der Waals surface area (Å²) < 4.78 is 0. The van der Waals surface area contributed by atoms with E-state index in [1.807, 2.05) is 0 Å². The summed E-state index contributed by atoms with van der Waals surface area (Å²) in [5.74, 6) is -1.21. The molecule has 3 N–H and O–H groups in total. The number of carboxylic acid groups (broad SMARTS) is 1. The number of aromatic amines is 1. The number of carbonyl (C=O) groups is 1. The number of aromatic hydroxyl groups is 1. The number of H-pyrrole nitrogens is 1. The minimum atomic E-state index is -1.03. The number of carboxylic acids is 1. The summed E-state index contributed by atoms with van der Waals surface area (Å²) in [7, 11) is 0. The summed E-state index contributed by atoms with van der Waals surface area (Å²) in [6.07, 6.45) is 0. The van der Waals surface area contributed by atoms with E-state index < -0.39 is 5.97 Å². The largest absolute Gasteiger partial charge is 0.492 e. The molecule has 0 bridgehead atoms. The van der Waals surface area contributed by atoms with Gasteiger partial charge in [-0.25, -0.2) is 4.79 Å². The second-order valence-electron chi connectivity index (χ2n) is 2.61. The molecule has 13 heavy (non-hydrogen) atoms. The molecule has 0 aliphatic heterocycles. The van der Waals surface area contributed by atoms with E-state index in [2.05, 4.69) is 10.2 Å². The Labute approximate surface area is 72.6 Å². The van der Waals surface area contributed by atoms with Crippen LogP contribution in [-0.2, 0) is 0 Å². The molecule has 0 saturated heterocycles. The highest BCUT2D eigenvalue weighted by Crippen LogP contribution is 2.21. The van der Waals surface area contributed by atoms with Gasteiger partial charge in [0.15, 0.2) is 0 Å². The number of benzene rings is 1. The maximum Gasteiger partial charge on any atom is 0.335 e. The molecule has 1 aromatic heterocycles. The van der Waals surface area contributed by atoms with Crippen LogP contribution in [0.2, 0.25) is 0 Å². The molecule has 5 nitrogen and oxygen atoms in total. The minimum absolute atomic E-state index is 0.129. The Hall–Kier alpha value is -2.04. The zero-order valence-electron chi connectivity index (χ0n) is 6.48. The number of hydrogen-bond donors (Lipinski definition) is 3. The summed E-state index contributed by atoms with van der Waals surface area (Å²) >= 11 is 0. The summed E-state index contributed by atoms with van der Waals surface area (Å²) in [6.45, 7) is 0. The monoisotopic (exact) mass is 178 g/mol. The lowest BCUT2D eigenvalue weighted by atomic mass is 10.1. The Bertz CT molecular complexity index is 475. The normalized spacial score (nSPS) is 10.5. The zero-order chi connectivity index (χ0) is 9.42. The van der Waals surface area contributed by atoms with Crippen LogP contribution in [0.3, 0.4) is 0 Å². The average molecular weight is 178 g/mol. The third-order valence-electron chi connectivity index (χ3n) is 1.79. The van der Waals surface area contributed by atoms with E-state index >= 15 is 0 Å². The number of hydrogen-bond acceptors (Lipinski definition) is 3. The fourth-order valence-corrected chi connectivity index (χ4v) is 1.13. The van der Waals surface area contributed by atoms with Crippen molar-refractivity contribution in [3.63, 3.8) is 0 Å². The van der Waals surface area contributed by atoms with Gasteiger partial charge in [-0.3, -0.25) is 5.10 Å². The minimum Gasteiger partial charge on any atom is -0.492 e. The van der Waals surface area contributed by atoms with Gasteiger partial charge in [0.1, 0.15) is 0 Å². The fourth-order valence-electron chi connectivity index (χ4n) is 1.13. The van der Waals surface area contributed by atoms with Crippen LogP contribution in [0.1, 0.15) is 10.4 Å². The third kappa shape index (κ3) is 1.10. The number of nitrogens with zero attached hydrogens (tertiary/aromatic N) is 1. The molecule has 0 fully saturated rings. The van der Waals surface area contributed by atoms with Crippen LogP contribution >= 0.6 is 0 Å². The van der Waals surface area contributed by atoms with Gasteiger partial charge in [-0.2, -0.15) is 0 Å². The molecule has 2 rings (SSSR count). The maximum absolute atomic E-state index is 10.6. The molecule has 5 heteroatoms. The zero-order valence-corrected chi connectivity index (χ0v) is 6.48. The summed E-state index contributed by atoms with van der Waals surface area (Å²) in [5, 5.41) is 24.4. The van der Waals surface area contributed by atoms with Gasteiger partial charge in [0.25, 0.3) is 0 Å². The standard InChI is InChI=1S/C8H6N2O3/c11-7-5-3-4(8(12)13)1-2-6(5)9-10-7/h1-3H,(H,12,13)(H2,9,10,11). The molecule has 1 heterocycles. The third-order valence-corrected chi connectivity index (χ3v) is 1.79. The summed E-state index contributed by atoms with van der Waals surface area (Å²) in [5.41, 5.74) is 0.742. The van der Waals surface area contributed by atoms with Gasteiger partial charge in [-0.1, -0.05) is 0 Å². The van der Waals surface area contributed by atoms with E-state index in [-0.39, 0.29) is 11.4 Å². The van der Waals surface area contributed by atoms with E-state index in [0.29, 0.717) is 10.9 Å². The lowest BCUT2D eigenvalue weighted by molar-refractivity contribution is 0.0697. The number of aromatic carboxylic acids is 1. The van der Waals surface area contributed by atoms with Crippen LogP contribution in [0.5, 0.6) is 5.88 Å². The first kappa shape index (κ1) is 7.60. The number of nitrogens with one attached hydrogen (secondary N) is 1. The molecule has 0 atom stereocenters. The van der Waals surface area contributed by atoms with Crippen LogP contribution in [0.4, 0.5) is 0 Å². The molecule has 1 aromatic carbocycles. The van der Waals surface area contributed by atoms with Crippen molar-refractivity contribution in [2.24, 2.45) is 0 Å². The Kier molecular flexibility index (Phi) is 1.45. The molecular formula is C8H6N2O3. The van der Waals surface area contributed by atoms with Gasteiger partial charge in [-0.15, -0.1) is 5.10 Å². The Morgan fingerprint density at radius 3 is 2.92 bits per heavy atom. The average Bonchev–Trinajstić information content (AvgIpc) is 2.47. The Morgan fingerprint density at radius 1 is 1.46 bits per heavy atom. The Morgan fingerprint density at radius 2 is 2.23 bits per heavy atom. The molecular weight excluding hydrogens is 172 g/mol. The number of fused-ring (bicyclic) bond motifs is 1. The van der Waals surface area contributed by atoms with Crippen LogP contribution in [0, 0.1) is 0 Å². The van der Waals surface area contributed by atoms with Gasteiger partial charge < -0.3 is 10.2 Å². The predicted octanol–water partition coefficient (Wildman–Crippen LogP) is 0.967. The number of rotatable bonds is 1. The summed E-state index contributed by atoms with van der Waals surface area (Å²) in [4.78, 5) is 10.6. The number of aromatic nitrogens is 2. The van der Waals surface area contributed by atoms with Crippen LogP contribution < -0.4 is 0 Å². The molecule has 0 amide bonds. The van der Waals surface area contributed by atoms with E-state index in [4.69, 9.17) is 5.11 Å². The summed E-state index contributed by atoms with van der Waals surface area (Å²) in [6, 6.07) is 4.38. The van der Waals surface area contributed by atoms with Gasteiger partial charge in [0.05, 0.1) is 16.5 Å². The molecule has 0 spiro atoms. The van der Waals surface area contributed by atoms with Gasteiger partial charge in [-0.05, 0) is 18.2 Å². The highest BCUT2D eigenvalue weighted by Gasteiger charge is 2.07. The smallest absolute Gasteiger partial charge is 0.335 e. The van der Waals surface area contributed by atoms with Crippen molar-refractivity contribution in [2.75, 3.05) is 0 Å². The molecule has 66 valence electrons. The van der Waals surface area contributed by atoms with Gasteiger partial charge in [0, 0.05) is 0 Å². The molecule has 0 aliphatic rings. The van der Waals surface area contributed by atoms with Crippen LogP contribution in [0.15, 0.2) is 18.2 Å². The molecule has 2 aromatic rings. The van der Waals surface area contributed by atoms with Gasteiger partial charge >= 0.3 is 5.97 Å². The van der Waals surface area contributed by atoms with Crippen molar-refractivity contribution >= 4 is 16.9 Å². The van der Waals surface area contributed by atoms with E-state index in [1.54, 1.807) is 6.07 Å². The van der Waals surface area contributed by atoms with Crippen molar-refractivity contribution in [3.8, 4) is 5.88 Å². The second-order valence-corrected chi connectivity index (χ2v) is 2.61. The lowest BCUT2D eigenvalue weighted by Crippen LogP contribution is -1.94. The maximum atomic E-state index is 10.6.